The van der Waals surface area contributed by atoms with Gasteiger partial charge in [0.25, 0.3) is 0 Å². The van der Waals surface area contributed by atoms with Gasteiger partial charge >= 0.3 is 7.60 Å². The molecule has 0 spiro atoms. The number of nitrogens with one attached hydrogen (secondary N) is 1. The van der Waals surface area contributed by atoms with Crippen molar-refractivity contribution in [2.45, 2.75) is 13.8 Å². The molecule has 116 valence electrons. The van der Waals surface area contributed by atoms with E-state index in [1.165, 1.54) is 0 Å². The van der Waals surface area contributed by atoms with Crippen LogP contribution < -0.4 is 5.30 Å². The third-order valence-corrected chi connectivity index (χ3v) is 5.44. The Hall–Kier alpha value is -1.81. The minimum atomic E-state index is -3.34. The largest absolute Gasteiger partial charge is 0.464 e. The normalized spacial score (nSPS) is 12.1. The number of hydrogen-bond donors (Lipinski definition) is 1. The van der Waals surface area contributed by atoms with E-state index in [2.05, 4.69) is 4.98 Å². The number of benzene rings is 1. The predicted molar refractivity (Wildman–Crippen MR) is 86.5 cm³/mol. The SMILES string of the molecule is CCOP(=O)(OCC)c1cc(-c2ccco2)c2cc[nH]c2c1. The van der Waals surface area contributed by atoms with Crippen molar-refractivity contribution in [1.82, 2.24) is 4.98 Å². The van der Waals surface area contributed by atoms with Crippen LogP contribution in [-0.2, 0) is 13.6 Å². The Balaban J connectivity index is 2.20. The maximum Gasteiger partial charge on any atom is 0.361 e. The van der Waals surface area contributed by atoms with E-state index in [0.29, 0.717) is 24.3 Å². The molecule has 5 nitrogen and oxygen atoms in total. The zero-order valence-electron chi connectivity index (χ0n) is 12.5. The highest BCUT2D eigenvalue weighted by atomic mass is 31.2. The van der Waals surface area contributed by atoms with Gasteiger partial charge in [0.05, 0.1) is 24.8 Å². The summed E-state index contributed by atoms with van der Waals surface area (Å²) < 4.78 is 29.4. The lowest BCUT2D eigenvalue weighted by molar-refractivity contribution is 0.230. The second kappa shape index (κ2) is 6.13. The molecule has 0 radical (unpaired) electrons. The molecule has 1 N–H and O–H groups in total. The summed E-state index contributed by atoms with van der Waals surface area (Å²) >= 11 is 0. The van der Waals surface area contributed by atoms with E-state index in [-0.39, 0.29) is 0 Å². The standard InChI is InChI=1S/C16H18NO4P/c1-3-20-22(18,21-4-2)12-10-14(16-6-5-9-19-16)13-7-8-17-15(13)11-12/h5-11,17H,3-4H2,1-2H3. The summed E-state index contributed by atoms with van der Waals surface area (Å²) in [6.07, 6.45) is 3.46. The first-order valence-electron chi connectivity index (χ1n) is 7.22. The van der Waals surface area contributed by atoms with Gasteiger partial charge in [-0.2, -0.15) is 0 Å². The molecule has 0 atom stereocenters. The number of aromatic nitrogens is 1. The Kier molecular flexibility index (Phi) is 4.21. The van der Waals surface area contributed by atoms with Gasteiger partial charge in [0.2, 0.25) is 0 Å². The molecule has 0 saturated heterocycles. The van der Waals surface area contributed by atoms with Crippen LogP contribution in [0.2, 0.25) is 0 Å². The Morgan fingerprint density at radius 1 is 1.18 bits per heavy atom. The minimum Gasteiger partial charge on any atom is -0.464 e. The average Bonchev–Trinajstić information content (AvgIpc) is 3.18. The number of fused-ring (bicyclic) bond motifs is 1. The van der Waals surface area contributed by atoms with Crippen molar-refractivity contribution in [3.8, 4) is 11.3 Å². The molecule has 3 aromatic rings. The van der Waals surface area contributed by atoms with Crippen LogP contribution in [0.25, 0.3) is 22.2 Å². The Labute approximate surface area is 128 Å². The van der Waals surface area contributed by atoms with Crippen molar-refractivity contribution in [2.75, 3.05) is 13.2 Å². The summed E-state index contributed by atoms with van der Waals surface area (Å²) in [5.41, 5.74) is 1.72. The monoisotopic (exact) mass is 319 g/mol. The summed E-state index contributed by atoms with van der Waals surface area (Å²) in [6, 6.07) is 9.29. The molecule has 22 heavy (non-hydrogen) atoms. The van der Waals surface area contributed by atoms with Gasteiger partial charge in [-0.25, -0.2) is 0 Å². The molecule has 0 aliphatic heterocycles. The highest BCUT2D eigenvalue weighted by molar-refractivity contribution is 7.62. The number of aromatic amines is 1. The molecule has 2 aromatic heterocycles. The highest BCUT2D eigenvalue weighted by Crippen LogP contribution is 2.48. The van der Waals surface area contributed by atoms with Crippen molar-refractivity contribution in [1.29, 1.82) is 0 Å². The van der Waals surface area contributed by atoms with E-state index in [4.69, 9.17) is 13.5 Å². The molecule has 2 heterocycles. The smallest absolute Gasteiger partial charge is 0.361 e. The summed E-state index contributed by atoms with van der Waals surface area (Å²) in [7, 11) is -3.34. The molecule has 0 saturated carbocycles. The van der Waals surface area contributed by atoms with Crippen LogP contribution in [0.15, 0.2) is 47.2 Å². The molecule has 0 bridgehead atoms. The Morgan fingerprint density at radius 3 is 2.59 bits per heavy atom. The lowest BCUT2D eigenvalue weighted by Crippen LogP contribution is -2.11. The van der Waals surface area contributed by atoms with E-state index in [0.717, 1.165) is 16.5 Å². The van der Waals surface area contributed by atoms with Crippen LogP contribution in [-0.4, -0.2) is 18.2 Å². The summed E-state index contributed by atoms with van der Waals surface area (Å²) in [4.78, 5) is 3.14. The molecule has 6 heteroatoms. The third-order valence-electron chi connectivity index (χ3n) is 3.35. The van der Waals surface area contributed by atoms with Gasteiger partial charge in [-0.1, -0.05) is 0 Å². The first-order chi connectivity index (χ1) is 10.7. The maximum absolute atomic E-state index is 13.0. The minimum absolute atomic E-state index is 0.316. The second-order valence-corrected chi connectivity index (χ2v) is 6.77. The van der Waals surface area contributed by atoms with Gasteiger partial charge in [-0.15, -0.1) is 0 Å². The van der Waals surface area contributed by atoms with E-state index in [1.54, 1.807) is 20.1 Å². The lowest BCUT2D eigenvalue weighted by atomic mass is 10.1. The van der Waals surface area contributed by atoms with Crippen molar-refractivity contribution < 1.29 is 18.0 Å². The molecule has 0 unspecified atom stereocenters. The second-order valence-electron chi connectivity index (χ2n) is 4.74. The molecule has 0 amide bonds. The molecular formula is C16H18NO4P. The summed E-state index contributed by atoms with van der Waals surface area (Å²) in [6.45, 7) is 4.23. The molecule has 0 aliphatic carbocycles. The van der Waals surface area contributed by atoms with E-state index < -0.39 is 7.60 Å². The summed E-state index contributed by atoms with van der Waals surface area (Å²) in [5, 5.41) is 1.52. The number of H-pyrrole nitrogens is 1. The fraction of sp³-hybridized carbons (Fsp3) is 0.250. The molecule has 1 aromatic carbocycles. The number of rotatable bonds is 6. The zero-order chi connectivity index (χ0) is 15.6. The van der Waals surface area contributed by atoms with E-state index in [1.807, 2.05) is 36.5 Å². The Bertz CT molecular complexity index is 797. The first kappa shape index (κ1) is 15.1. The fourth-order valence-corrected chi connectivity index (χ4v) is 4.10. The van der Waals surface area contributed by atoms with Crippen LogP contribution in [0.1, 0.15) is 13.8 Å². The van der Waals surface area contributed by atoms with Crippen LogP contribution >= 0.6 is 7.60 Å². The number of furan rings is 1. The van der Waals surface area contributed by atoms with Gasteiger partial charge in [0.1, 0.15) is 5.76 Å². The molecular weight excluding hydrogens is 301 g/mol. The molecule has 3 rings (SSSR count). The van der Waals surface area contributed by atoms with Crippen LogP contribution in [0.3, 0.4) is 0 Å². The topological polar surface area (TPSA) is 64.5 Å². The maximum atomic E-state index is 13.0. The van der Waals surface area contributed by atoms with E-state index >= 15 is 0 Å². The van der Waals surface area contributed by atoms with Crippen LogP contribution in [0.5, 0.6) is 0 Å². The van der Waals surface area contributed by atoms with Gasteiger partial charge in [-0.3, -0.25) is 4.57 Å². The van der Waals surface area contributed by atoms with Gasteiger partial charge < -0.3 is 18.4 Å². The quantitative estimate of drug-likeness (QED) is 0.687. The molecule has 0 aliphatic rings. The number of hydrogen-bond acceptors (Lipinski definition) is 4. The van der Waals surface area contributed by atoms with Crippen molar-refractivity contribution >= 4 is 23.8 Å². The average molecular weight is 319 g/mol. The van der Waals surface area contributed by atoms with Crippen LogP contribution in [0.4, 0.5) is 0 Å². The predicted octanol–water partition coefficient (Wildman–Crippen LogP) is 4.32. The Morgan fingerprint density at radius 2 is 1.95 bits per heavy atom. The summed E-state index contributed by atoms with van der Waals surface area (Å²) in [5.74, 6) is 0.714. The first-order valence-corrected chi connectivity index (χ1v) is 8.77. The van der Waals surface area contributed by atoms with Crippen LogP contribution in [0, 0.1) is 0 Å². The van der Waals surface area contributed by atoms with E-state index in [9.17, 15) is 4.57 Å². The zero-order valence-corrected chi connectivity index (χ0v) is 13.4. The van der Waals surface area contributed by atoms with Gasteiger partial charge in [0, 0.05) is 22.7 Å². The lowest BCUT2D eigenvalue weighted by Gasteiger charge is -2.18. The van der Waals surface area contributed by atoms with Gasteiger partial charge in [-0.05, 0) is 44.2 Å². The fourth-order valence-electron chi connectivity index (χ4n) is 2.47. The highest BCUT2D eigenvalue weighted by Gasteiger charge is 2.28. The van der Waals surface area contributed by atoms with Crippen molar-refractivity contribution in [3.05, 3.63) is 42.8 Å². The van der Waals surface area contributed by atoms with Gasteiger partial charge in [0.15, 0.2) is 0 Å². The molecule has 0 fully saturated rings. The van der Waals surface area contributed by atoms with Crippen molar-refractivity contribution in [3.63, 3.8) is 0 Å². The van der Waals surface area contributed by atoms with Crippen molar-refractivity contribution in [2.24, 2.45) is 0 Å². The third kappa shape index (κ3) is 2.63.